The first kappa shape index (κ1) is 16.3. The van der Waals surface area contributed by atoms with Crippen LogP contribution in [0.1, 0.15) is 66.2 Å². The molecule has 1 aliphatic carbocycles. The summed E-state index contributed by atoms with van der Waals surface area (Å²) in [4.78, 5) is 27.6. The molecule has 1 N–H and O–H groups in total. The molecular weight excluding hydrogens is 264 g/mol. The Morgan fingerprint density at radius 1 is 1.19 bits per heavy atom. The largest absolute Gasteiger partial charge is 0.340 e. The van der Waals surface area contributed by atoms with Crippen molar-refractivity contribution in [1.82, 2.24) is 10.2 Å². The van der Waals surface area contributed by atoms with Gasteiger partial charge >= 0.3 is 0 Å². The average molecular weight is 294 g/mol. The third kappa shape index (κ3) is 2.95. The van der Waals surface area contributed by atoms with E-state index in [1.807, 2.05) is 18.7 Å². The predicted octanol–water partition coefficient (Wildman–Crippen LogP) is 2.72. The minimum absolute atomic E-state index is 0.0532. The molecule has 120 valence electrons. The van der Waals surface area contributed by atoms with E-state index in [2.05, 4.69) is 19.2 Å². The van der Waals surface area contributed by atoms with Gasteiger partial charge in [-0.05, 0) is 24.7 Å². The number of rotatable bonds is 5. The van der Waals surface area contributed by atoms with Gasteiger partial charge in [-0.25, -0.2) is 0 Å². The topological polar surface area (TPSA) is 49.4 Å². The highest BCUT2D eigenvalue weighted by molar-refractivity contribution is 6.00. The highest BCUT2D eigenvalue weighted by atomic mass is 16.2. The van der Waals surface area contributed by atoms with E-state index in [0.717, 1.165) is 45.1 Å². The molecule has 1 heterocycles. The SMILES string of the molecule is CCC(CC)CN1C(=O)C2(CCCC2)NC(=O)C1C(C)C. The fourth-order valence-electron chi connectivity index (χ4n) is 3.91. The minimum atomic E-state index is -0.589. The molecule has 1 atom stereocenters. The maximum Gasteiger partial charge on any atom is 0.249 e. The molecule has 0 aromatic carbocycles. The summed E-state index contributed by atoms with van der Waals surface area (Å²) < 4.78 is 0. The fraction of sp³-hybridized carbons (Fsp3) is 0.882. The van der Waals surface area contributed by atoms with Gasteiger partial charge in [0.25, 0.3) is 0 Å². The van der Waals surface area contributed by atoms with Gasteiger partial charge in [0.05, 0.1) is 0 Å². The molecule has 21 heavy (non-hydrogen) atoms. The summed E-state index contributed by atoms with van der Waals surface area (Å²) in [6.07, 6.45) is 5.80. The number of carbonyl (C=O) groups is 2. The third-order valence-electron chi connectivity index (χ3n) is 5.34. The maximum atomic E-state index is 13.1. The summed E-state index contributed by atoms with van der Waals surface area (Å²) in [5.41, 5.74) is -0.589. The van der Waals surface area contributed by atoms with Gasteiger partial charge in [0, 0.05) is 6.54 Å². The number of hydrogen-bond donors (Lipinski definition) is 1. The summed E-state index contributed by atoms with van der Waals surface area (Å²) in [5.74, 6) is 0.865. The Labute approximate surface area is 128 Å². The van der Waals surface area contributed by atoms with Crippen LogP contribution in [0.3, 0.4) is 0 Å². The van der Waals surface area contributed by atoms with Crippen molar-refractivity contribution in [3.05, 3.63) is 0 Å². The van der Waals surface area contributed by atoms with Gasteiger partial charge in [-0.1, -0.05) is 53.4 Å². The quantitative estimate of drug-likeness (QED) is 0.847. The first-order valence-electron chi connectivity index (χ1n) is 8.58. The van der Waals surface area contributed by atoms with Crippen molar-refractivity contribution in [3.8, 4) is 0 Å². The van der Waals surface area contributed by atoms with Crippen molar-refractivity contribution in [1.29, 1.82) is 0 Å². The Morgan fingerprint density at radius 2 is 1.76 bits per heavy atom. The van der Waals surface area contributed by atoms with Gasteiger partial charge in [0.2, 0.25) is 11.8 Å². The number of hydrogen-bond acceptors (Lipinski definition) is 2. The summed E-state index contributed by atoms with van der Waals surface area (Å²) in [6, 6.07) is -0.302. The van der Waals surface area contributed by atoms with Crippen LogP contribution in [0.25, 0.3) is 0 Å². The van der Waals surface area contributed by atoms with Crippen molar-refractivity contribution in [2.24, 2.45) is 11.8 Å². The lowest BCUT2D eigenvalue weighted by atomic mass is 9.86. The molecule has 1 spiro atoms. The molecular formula is C17H30N2O2. The maximum absolute atomic E-state index is 13.1. The van der Waals surface area contributed by atoms with Gasteiger partial charge in [-0.15, -0.1) is 0 Å². The molecule has 0 radical (unpaired) electrons. The van der Waals surface area contributed by atoms with E-state index in [9.17, 15) is 9.59 Å². The average Bonchev–Trinajstić information content (AvgIpc) is 2.90. The van der Waals surface area contributed by atoms with E-state index in [-0.39, 0.29) is 23.8 Å². The summed E-state index contributed by atoms with van der Waals surface area (Å²) in [7, 11) is 0. The van der Waals surface area contributed by atoms with Gasteiger partial charge in [0.15, 0.2) is 0 Å². The van der Waals surface area contributed by atoms with Gasteiger partial charge in [-0.3, -0.25) is 9.59 Å². The normalized spacial score (nSPS) is 25.2. The Hall–Kier alpha value is -1.06. The first-order chi connectivity index (χ1) is 9.95. The summed E-state index contributed by atoms with van der Waals surface area (Å²) >= 11 is 0. The number of nitrogens with one attached hydrogen (secondary N) is 1. The zero-order chi connectivity index (χ0) is 15.6. The molecule has 4 heteroatoms. The van der Waals surface area contributed by atoms with Crippen LogP contribution in [-0.2, 0) is 9.59 Å². The van der Waals surface area contributed by atoms with Gasteiger partial charge in [-0.2, -0.15) is 0 Å². The zero-order valence-corrected chi connectivity index (χ0v) is 13.9. The fourth-order valence-corrected chi connectivity index (χ4v) is 3.91. The molecule has 2 rings (SSSR count). The molecule has 0 aromatic rings. The van der Waals surface area contributed by atoms with Crippen molar-refractivity contribution in [2.75, 3.05) is 6.54 Å². The smallest absolute Gasteiger partial charge is 0.249 e. The van der Waals surface area contributed by atoms with E-state index in [1.165, 1.54) is 0 Å². The Morgan fingerprint density at radius 3 is 2.24 bits per heavy atom. The lowest BCUT2D eigenvalue weighted by molar-refractivity contribution is -0.157. The molecule has 0 bridgehead atoms. The summed E-state index contributed by atoms with van der Waals surface area (Å²) in [6.45, 7) is 9.12. The Balaban J connectivity index is 2.28. The molecule has 2 amide bonds. The number of carbonyl (C=O) groups excluding carboxylic acids is 2. The van der Waals surface area contributed by atoms with Crippen LogP contribution < -0.4 is 5.32 Å². The van der Waals surface area contributed by atoms with Crippen LogP contribution in [0, 0.1) is 11.8 Å². The second-order valence-electron chi connectivity index (χ2n) is 7.11. The molecule has 0 aromatic heterocycles. The standard InChI is InChI=1S/C17H30N2O2/c1-5-13(6-2)11-19-14(12(3)4)15(20)18-17(16(19)21)9-7-8-10-17/h12-14H,5-11H2,1-4H3,(H,18,20). The van der Waals surface area contributed by atoms with Crippen molar-refractivity contribution >= 4 is 11.8 Å². The molecule has 1 unspecified atom stereocenters. The molecule has 2 aliphatic rings. The molecule has 4 nitrogen and oxygen atoms in total. The van der Waals surface area contributed by atoms with E-state index < -0.39 is 5.54 Å². The van der Waals surface area contributed by atoms with Gasteiger partial charge in [0.1, 0.15) is 11.6 Å². The number of amides is 2. The number of piperazine rings is 1. The molecule has 1 aliphatic heterocycles. The molecule has 1 saturated heterocycles. The lowest BCUT2D eigenvalue weighted by Crippen LogP contribution is -2.71. The Bertz CT molecular complexity index is 396. The second-order valence-corrected chi connectivity index (χ2v) is 7.11. The van der Waals surface area contributed by atoms with Crippen molar-refractivity contribution in [3.63, 3.8) is 0 Å². The monoisotopic (exact) mass is 294 g/mol. The van der Waals surface area contributed by atoms with Crippen molar-refractivity contribution < 1.29 is 9.59 Å². The zero-order valence-electron chi connectivity index (χ0n) is 13.9. The molecule has 2 fully saturated rings. The lowest BCUT2D eigenvalue weighted by Gasteiger charge is -2.46. The minimum Gasteiger partial charge on any atom is -0.340 e. The van der Waals surface area contributed by atoms with E-state index in [4.69, 9.17) is 0 Å². The Kier molecular flexibility index (Phi) is 4.95. The predicted molar refractivity (Wildman–Crippen MR) is 83.8 cm³/mol. The van der Waals surface area contributed by atoms with Crippen LogP contribution in [-0.4, -0.2) is 34.8 Å². The highest BCUT2D eigenvalue weighted by Gasteiger charge is 2.52. The number of nitrogens with zero attached hydrogens (tertiary/aromatic N) is 1. The highest BCUT2D eigenvalue weighted by Crippen LogP contribution is 2.36. The third-order valence-corrected chi connectivity index (χ3v) is 5.34. The van der Waals surface area contributed by atoms with Crippen molar-refractivity contribution in [2.45, 2.75) is 77.8 Å². The van der Waals surface area contributed by atoms with Crippen LogP contribution in [0.5, 0.6) is 0 Å². The van der Waals surface area contributed by atoms with E-state index in [0.29, 0.717) is 5.92 Å². The van der Waals surface area contributed by atoms with Crippen LogP contribution in [0.4, 0.5) is 0 Å². The van der Waals surface area contributed by atoms with E-state index >= 15 is 0 Å². The van der Waals surface area contributed by atoms with Crippen LogP contribution in [0.15, 0.2) is 0 Å². The van der Waals surface area contributed by atoms with Crippen LogP contribution in [0.2, 0.25) is 0 Å². The first-order valence-corrected chi connectivity index (χ1v) is 8.58. The van der Waals surface area contributed by atoms with Gasteiger partial charge < -0.3 is 10.2 Å². The second kappa shape index (κ2) is 6.37. The summed E-state index contributed by atoms with van der Waals surface area (Å²) in [5, 5.41) is 3.08. The van der Waals surface area contributed by atoms with E-state index in [1.54, 1.807) is 0 Å². The van der Waals surface area contributed by atoms with Crippen LogP contribution >= 0.6 is 0 Å². The molecule has 1 saturated carbocycles.